The van der Waals surface area contributed by atoms with Crippen LogP contribution in [-0.2, 0) is 11.2 Å². The second kappa shape index (κ2) is 6.74. The summed E-state index contributed by atoms with van der Waals surface area (Å²) in [6, 6.07) is 10.7. The van der Waals surface area contributed by atoms with E-state index in [4.69, 9.17) is 0 Å². The predicted molar refractivity (Wildman–Crippen MR) is 84.3 cm³/mol. The highest BCUT2D eigenvalue weighted by atomic mass is 19.3. The monoisotopic (exact) mass is 333 g/mol. The number of alkyl halides is 2. The molecular formula is C17H14F3N3O. The van der Waals surface area contributed by atoms with Crippen LogP contribution in [-0.4, -0.2) is 15.7 Å². The van der Waals surface area contributed by atoms with E-state index < -0.39 is 6.55 Å². The molecule has 0 radical (unpaired) electrons. The van der Waals surface area contributed by atoms with Gasteiger partial charge >= 0.3 is 6.55 Å². The van der Waals surface area contributed by atoms with Crippen LogP contribution in [0.1, 0.15) is 18.5 Å². The second-order valence-corrected chi connectivity index (χ2v) is 5.34. The van der Waals surface area contributed by atoms with Crippen molar-refractivity contribution in [3.8, 4) is 0 Å². The Labute approximate surface area is 135 Å². The molecule has 2 aromatic carbocycles. The Morgan fingerprint density at radius 1 is 1.17 bits per heavy atom. The second-order valence-electron chi connectivity index (χ2n) is 5.34. The number of carbonyl (C=O) groups is 1. The minimum atomic E-state index is -2.70. The van der Waals surface area contributed by atoms with Crippen LogP contribution in [0.4, 0.5) is 18.9 Å². The number of aryl methyl sites for hydroxylation is 1. The lowest BCUT2D eigenvalue weighted by atomic mass is 10.1. The normalized spacial score (nSPS) is 11.2. The molecular weight excluding hydrogens is 319 g/mol. The van der Waals surface area contributed by atoms with Gasteiger partial charge in [0.25, 0.3) is 0 Å². The third-order valence-electron chi connectivity index (χ3n) is 3.56. The minimum Gasteiger partial charge on any atom is -0.326 e. The van der Waals surface area contributed by atoms with Crippen LogP contribution in [0, 0.1) is 5.82 Å². The molecule has 0 fully saturated rings. The first-order chi connectivity index (χ1) is 11.5. The fraction of sp³-hybridized carbons (Fsp3) is 0.176. The number of benzene rings is 2. The van der Waals surface area contributed by atoms with Crippen LogP contribution in [0.15, 0.2) is 48.7 Å². The Bertz CT molecular complexity index is 859. The fourth-order valence-corrected chi connectivity index (χ4v) is 2.35. The van der Waals surface area contributed by atoms with E-state index in [-0.39, 0.29) is 18.1 Å². The van der Waals surface area contributed by atoms with Crippen LogP contribution in [0.2, 0.25) is 0 Å². The molecule has 1 heterocycles. The van der Waals surface area contributed by atoms with Crippen molar-refractivity contribution in [1.29, 1.82) is 0 Å². The number of halogens is 3. The molecule has 3 rings (SSSR count). The molecule has 0 aliphatic heterocycles. The van der Waals surface area contributed by atoms with Gasteiger partial charge in [-0.2, -0.15) is 13.9 Å². The average molecular weight is 333 g/mol. The Morgan fingerprint density at radius 2 is 1.92 bits per heavy atom. The van der Waals surface area contributed by atoms with Crippen molar-refractivity contribution in [2.75, 3.05) is 5.32 Å². The number of nitrogens with zero attached hydrogens (tertiary/aromatic N) is 2. The molecule has 1 aromatic heterocycles. The predicted octanol–water partition coefficient (Wildman–Crippen LogP) is 4.14. The van der Waals surface area contributed by atoms with Crippen LogP contribution in [0.25, 0.3) is 10.9 Å². The van der Waals surface area contributed by atoms with Crippen molar-refractivity contribution < 1.29 is 18.0 Å². The number of fused-ring (bicyclic) bond motifs is 1. The zero-order chi connectivity index (χ0) is 17.1. The standard InChI is InChI=1S/C17H14F3N3O/c18-13-4-1-11(2-5-13)3-8-16(24)21-14-6-7-15-12(9-14)10-23(22-15)17(19)20/h1-2,4-7,9-10,17H,3,8H2,(H,21,24). The summed E-state index contributed by atoms with van der Waals surface area (Å²) in [6.45, 7) is -2.70. The summed E-state index contributed by atoms with van der Waals surface area (Å²) in [7, 11) is 0. The van der Waals surface area contributed by atoms with Gasteiger partial charge in [0, 0.05) is 23.7 Å². The lowest BCUT2D eigenvalue weighted by molar-refractivity contribution is -0.116. The summed E-state index contributed by atoms with van der Waals surface area (Å²) in [5.41, 5.74) is 1.81. The lowest BCUT2D eigenvalue weighted by Gasteiger charge is -2.05. The number of hydrogen-bond donors (Lipinski definition) is 1. The van der Waals surface area contributed by atoms with Crippen LogP contribution >= 0.6 is 0 Å². The number of rotatable bonds is 5. The zero-order valence-electron chi connectivity index (χ0n) is 12.5. The molecule has 1 N–H and O–H groups in total. The zero-order valence-corrected chi connectivity index (χ0v) is 12.5. The van der Waals surface area contributed by atoms with Crippen LogP contribution in [0.5, 0.6) is 0 Å². The molecule has 1 amide bonds. The fourth-order valence-electron chi connectivity index (χ4n) is 2.35. The van der Waals surface area contributed by atoms with Crippen molar-refractivity contribution in [1.82, 2.24) is 9.78 Å². The summed E-state index contributed by atoms with van der Waals surface area (Å²) in [6.07, 6.45) is 1.95. The average Bonchev–Trinajstić information content (AvgIpc) is 2.98. The molecule has 0 unspecified atom stereocenters. The molecule has 0 spiro atoms. The van der Waals surface area contributed by atoms with Crippen molar-refractivity contribution >= 4 is 22.5 Å². The Kier molecular flexibility index (Phi) is 4.50. The third-order valence-corrected chi connectivity index (χ3v) is 3.56. The van der Waals surface area contributed by atoms with Crippen molar-refractivity contribution in [3.05, 3.63) is 60.0 Å². The van der Waals surface area contributed by atoms with Crippen LogP contribution in [0.3, 0.4) is 0 Å². The van der Waals surface area contributed by atoms with Crippen molar-refractivity contribution in [2.24, 2.45) is 0 Å². The number of amides is 1. The maximum Gasteiger partial charge on any atom is 0.333 e. The van der Waals surface area contributed by atoms with E-state index in [1.54, 1.807) is 30.3 Å². The molecule has 0 bridgehead atoms. The molecule has 124 valence electrons. The smallest absolute Gasteiger partial charge is 0.326 e. The molecule has 0 atom stereocenters. The van der Waals surface area contributed by atoms with E-state index in [0.717, 1.165) is 5.56 Å². The van der Waals surface area contributed by atoms with E-state index >= 15 is 0 Å². The quantitative estimate of drug-likeness (QED) is 0.763. The van der Waals surface area contributed by atoms with E-state index in [2.05, 4.69) is 10.4 Å². The van der Waals surface area contributed by atoms with E-state index in [9.17, 15) is 18.0 Å². The van der Waals surface area contributed by atoms with Crippen molar-refractivity contribution in [2.45, 2.75) is 19.4 Å². The van der Waals surface area contributed by atoms with Gasteiger partial charge < -0.3 is 5.32 Å². The third kappa shape index (κ3) is 3.73. The number of aromatic nitrogens is 2. The maximum absolute atomic E-state index is 12.8. The Morgan fingerprint density at radius 3 is 2.62 bits per heavy atom. The summed E-state index contributed by atoms with van der Waals surface area (Å²) >= 11 is 0. The van der Waals surface area contributed by atoms with Gasteiger partial charge in [-0.15, -0.1) is 0 Å². The van der Waals surface area contributed by atoms with E-state index in [1.165, 1.54) is 18.3 Å². The Hall–Kier alpha value is -2.83. The topological polar surface area (TPSA) is 46.9 Å². The number of nitrogens with one attached hydrogen (secondary N) is 1. The van der Waals surface area contributed by atoms with Gasteiger partial charge in [-0.3, -0.25) is 4.79 Å². The molecule has 24 heavy (non-hydrogen) atoms. The Balaban J connectivity index is 1.63. The maximum atomic E-state index is 12.8. The van der Waals surface area contributed by atoms with E-state index in [1.807, 2.05) is 0 Å². The van der Waals surface area contributed by atoms with Gasteiger partial charge in [0.2, 0.25) is 5.91 Å². The molecule has 0 aliphatic carbocycles. The summed E-state index contributed by atoms with van der Waals surface area (Å²) in [4.78, 5) is 12.0. The number of anilines is 1. The number of hydrogen-bond acceptors (Lipinski definition) is 2. The van der Waals surface area contributed by atoms with Gasteiger partial charge in [0.1, 0.15) is 5.82 Å². The van der Waals surface area contributed by atoms with Gasteiger partial charge in [0.15, 0.2) is 0 Å². The van der Waals surface area contributed by atoms with Crippen LogP contribution < -0.4 is 5.32 Å². The molecule has 0 aliphatic rings. The molecule has 0 saturated carbocycles. The summed E-state index contributed by atoms with van der Waals surface area (Å²) in [5, 5.41) is 6.98. The largest absolute Gasteiger partial charge is 0.333 e. The highest BCUT2D eigenvalue weighted by molar-refractivity contribution is 5.93. The lowest BCUT2D eigenvalue weighted by Crippen LogP contribution is -2.12. The van der Waals surface area contributed by atoms with Gasteiger partial charge in [-0.25, -0.2) is 9.07 Å². The number of carbonyl (C=O) groups excluding carboxylic acids is 1. The van der Waals surface area contributed by atoms with Crippen molar-refractivity contribution in [3.63, 3.8) is 0 Å². The molecule has 3 aromatic rings. The summed E-state index contributed by atoms with van der Waals surface area (Å²) < 4.78 is 38.6. The highest BCUT2D eigenvalue weighted by Gasteiger charge is 2.10. The SMILES string of the molecule is O=C(CCc1ccc(F)cc1)Nc1ccc2nn(C(F)F)cc2c1. The van der Waals surface area contributed by atoms with Gasteiger partial charge in [0.05, 0.1) is 5.52 Å². The molecule has 0 saturated heterocycles. The first-order valence-electron chi connectivity index (χ1n) is 7.32. The van der Waals surface area contributed by atoms with Gasteiger partial charge in [-0.05, 0) is 42.3 Å². The highest BCUT2D eigenvalue weighted by Crippen LogP contribution is 2.21. The molecule has 4 nitrogen and oxygen atoms in total. The molecule has 7 heteroatoms. The van der Waals surface area contributed by atoms with E-state index in [0.29, 0.717) is 27.7 Å². The van der Waals surface area contributed by atoms with Gasteiger partial charge in [-0.1, -0.05) is 12.1 Å². The first-order valence-corrected chi connectivity index (χ1v) is 7.32. The summed E-state index contributed by atoms with van der Waals surface area (Å²) in [5.74, 6) is -0.527. The minimum absolute atomic E-state index is 0.208. The first kappa shape index (κ1) is 16.0.